The van der Waals surface area contributed by atoms with E-state index in [0.29, 0.717) is 12.8 Å². The molecule has 0 radical (unpaired) electrons. The van der Waals surface area contributed by atoms with E-state index >= 15 is 0 Å². The maximum Gasteiger partial charge on any atom is 0.230 e. The summed E-state index contributed by atoms with van der Waals surface area (Å²) >= 11 is 0. The minimum Gasteiger partial charge on any atom is -0.548 e. The molecule has 0 aliphatic carbocycles. The quantitative estimate of drug-likeness (QED) is 0.448. The molecular formula is C15H24NO4-. The topological polar surface area (TPSA) is 77.5 Å². The molecule has 5 nitrogen and oxygen atoms in total. The summed E-state index contributed by atoms with van der Waals surface area (Å²) in [5.74, 6) is -2.08. The van der Waals surface area contributed by atoms with Gasteiger partial charge in [-0.2, -0.15) is 0 Å². The van der Waals surface area contributed by atoms with Crippen LogP contribution in [0.5, 0.6) is 0 Å². The van der Waals surface area contributed by atoms with Gasteiger partial charge in [0, 0.05) is 12.8 Å². The van der Waals surface area contributed by atoms with Crippen LogP contribution >= 0.6 is 0 Å². The number of imide groups is 1. The Bertz CT molecular complexity index is 338. The van der Waals surface area contributed by atoms with Crippen LogP contribution < -0.4 is 5.11 Å². The highest BCUT2D eigenvalue weighted by Gasteiger charge is 2.35. The first-order valence-corrected chi connectivity index (χ1v) is 7.63. The van der Waals surface area contributed by atoms with Crippen molar-refractivity contribution in [1.82, 2.24) is 4.90 Å². The molecule has 1 rings (SSSR count). The van der Waals surface area contributed by atoms with E-state index in [1.165, 1.54) is 19.3 Å². The molecule has 0 N–H and O–H groups in total. The largest absolute Gasteiger partial charge is 0.548 e. The van der Waals surface area contributed by atoms with E-state index in [1.54, 1.807) is 0 Å². The molecule has 1 fully saturated rings. The van der Waals surface area contributed by atoms with Gasteiger partial charge in [0.2, 0.25) is 11.8 Å². The van der Waals surface area contributed by atoms with E-state index in [0.717, 1.165) is 24.2 Å². The minimum absolute atomic E-state index is 0.125. The molecule has 1 aliphatic heterocycles. The van der Waals surface area contributed by atoms with Gasteiger partial charge in [-0.25, -0.2) is 0 Å². The van der Waals surface area contributed by atoms with Gasteiger partial charge >= 0.3 is 0 Å². The van der Waals surface area contributed by atoms with Gasteiger partial charge in [-0.1, -0.05) is 51.9 Å². The van der Waals surface area contributed by atoms with Gasteiger partial charge in [0.1, 0.15) is 0 Å². The Hall–Kier alpha value is -1.39. The van der Waals surface area contributed by atoms with Gasteiger partial charge in [-0.3, -0.25) is 14.5 Å². The normalized spacial score (nSPS) is 16.8. The Balaban J connectivity index is 2.31. The standard InChI is InChI=1S/C15H25NO4/c1-2-3-4-5-6-7-8-9-12(15(19)20)16-13(17)10-11-14(16)18/h12H,2-11H2,1H3,(H,19,20)/p-1. The molecule has 2 amide bonds. The van der Waals surface area contributed by atoms with E-state index in [2.05, 4.69) is 6.92 Å². The van der Waals surface area contributed by atoms with Crippen LogP contribution in [0.15, 0.2) is 0 Å². The highest BCUT2D eigenvalue weighted by Crippen LogP contribution is 2.19. The van der Waals surface area contributed by atoms with Crippen LogP contribution in [-0.2, 0) is 14.4 Å². The molecular weight excluding hydrogens is 258 g/mol. The Morgan fingerprint density at radius 2 is 1.55 bits per heavy atom. The zero-order valence-electron chi connectivity index (χ0n) is 12.2. The maximum atomic E-state index is 11.6. The predicted octanol–water partition coefficient (Wildman–Crippen LogP) is 1.39. The molecule has 1 unspecified atom stereocenters. The summed E-state index contributed by atoms with van der Waals surface area (Å²) in [5.41, 5.74) is 0. The van der Waals surface area contributed by atoms with Crippen molar-refractivity contribution >= 4 is 17.8 Å². The van der Waals surface area contributed by atoms with Gasteiger partial charge in [0.05, 0.1) is 12.0 Å². The zero-order valence-corrected chi connectivity index (χ0v) is 12.2. The number of aliphatic carboxylic acids is 1. The number of amides is 2. The fourth-order valence-corrected chi connectivity index (χ4v) is 2.59. The number of nitrogens with zero attached hydrogens (tertiary/aromatic N) is 1. The number of likely N-dealkylation sites (tertiary alicyclic amines) is 1. The molecule has 1 aliphatic rings. The first-order chi connectivity index (χ1) is 9.57. The smallest absolute Gasteiger partial charge is 0.230 e. The van der Waals surface area contributed by atoms with E-state index in [1.807, 2.05) is 0 Å². The van der Waals surface area contributed by atoms with E-state index in [4.69, 9.17) is 0 Å². The fourth-order valence-electron chi connectivity index (χ4n) is 2.59. The van der Waals surface area contributed by atoms with Crippen molar-refractivity contribution in [3.63, 3.8) is 0 Å². The lowest BCUT2D eigenvalue weighted by Crippen LogP contribution is -2.50. The van der Waals surface area contributed by atoms with Gasteiger partial charge in [0.15, 0.2) is 0 Å². The van der Waals surface area contributed by atoms with Gasteiger partial charge in [0.25, 0.3) is 0 Å². The number of carbonyl (C=O) groups is 3. The first-order valence-electron chi connectivity index (χ1n) is 7.63. The summed E-state index contributed by atoms with van der Waals surface area (Å²) in [7, 11) is 0. The van der Waals surface area contributed by atoms with Crippen molar-refractivity contribution in [3.05, 3.63) is 0 Å². The molecule has 0 spiro atoms. The third-order valence-corrected chi connectivity index (χ3v) is 3.75. The number of unbranched alkanes of at least 4 members (excludes halogenated alkanes) is 6. The van der Waals surface area contributed by atoms with E-state index in [-0.39, 0.29) is 24.7 Å². The number of rotatable bonds is 10. The summed E-state index contributed by atoms with van der Waals surface area (Å²) in [6, 6.07) is -1.08. The summed E-state index contributed by atoms with van der Waals surface area (Å²) in [6.45, 7) is 2.16. The van der Waals surface area contributed by atoms with Crippen LogP contribution in [0.3, 0.4) is 0 Å². The Morgan fingerprint density at radius 1 is 1.05 bits per heavy atom. The van der Waals surface area contributed by atoms with E-state index < -0.39 is 12.0 Å². The summed E-state index contributed by atoms with van der Waals surface area (Å²) in [5, 5.41) is 11.1. The summed E-state index contributed by atoms with van der Waals surface area (Å²) < 4.78 is 0. The monoisotopic (exact) mass is 282 g/mol. The molecule has 0 aromatic rings. The van der Waals surface area contributed by atoms with Crippen LogP contribution in [-0.4, -0.2) is 28.7 Å². The van der Waals surface area contributed by atoms with E-state index in [9.17, 15) is 19.5 Å². The van der Waals surface area contributed by atoms with Crippen LogP contribution in [0, 0.1) is 0 Å². The van der Waals surface area contributed by atoms with Gasteiger partial charge in [-0.15, -0.1) is 0 Å². The van der Waals surface area contributed by atoms with Crippen LogP contribution in [0.4, 0.5) is 0 Å². The highest BCUT2D eigenvalue weighted by molar-refractivity contribution is 6.04. The second-order valence-corrected chi connectivity index (χ2v) is 5.40. The molecule has 0 aromatic carbocycles. The lowest BCUT2D eigenvalue weighted by atomic mass is 10.0. The predicted molar refractivity (Wildman–Crippen MR) is 72.5 cm³/mol. The van der Waals surface area contributed by atoms with Gasteiger partial charge < -0.3 is 9.90 Å². The maximum absolute atomic E-state index is 11.6. The van der Waals surface area contributed by atoms with Crippen LogP contribution in [0.2, 0.25) is 0 Å². The number of carbonyl (C=O) groups excluding carboxylic acids is 3. The van der Waals surface area contributed by atoms with Crippen molar-refractivity contribution < 1.29 is 19.5 Å². The highest BCUT2D eigenvalue weighted by atomic mass is 16.4. The second kappa shape index (κ2) is 8.72. The molecule has 0 saturated carbocycles. The number of carboxylic acids is 1. The van der Waals surface area contributed by atoms with Crippen molar-refractivity contribution in [1.29, 1.82) is 0 Å². The lowest BCUT2D eigenvalue weighted by molar-refractivity contribution is -0.311. The van der Waals surface area contributed by atoms with Crippen molar-refractivity contribution in [2.24, 2.45) is 0 Å². The number of hydrogen-bond acceptors (Lipinski definition) is 4. The molecule has 0 bridgehead atoms. The third kappa shape index (κ3) is 4.94. The summed E-state index contributed by atoms with van der Waals surface area (Å²) in [6.07, 6.45) is 8.08. The lowest BCUT2D eigenvalue weighted by Gasteiger charge is -2.27. The van der Waals surface area contributed by atoms with Crippen molar-refractivity contribution in [2.45, 2.75) is 77.2 Å². The van der Waals surface area contributed by atoms with Crippen molar-refractivity contribution in [2.75, 3.05) is 0 Å². The zero-order chi connectivity index (χ0) is 15.0. The second-order valence-electron chi connectivity index (χ2n) is 5.40. The number of hydrogen-bond donors (Lipinski definition) is 0. The molecule has 1 saturated heterocycles. The van der Waals surface area contributed by atoms with Gasteiger partial charge in [-0.05, 0) is 6.42 Å². The van der Waals surface area contributed by atoms with Crippen LogP contribution in [0.25, 0.3) is 0 Å². The summed E-state index contributed by atoms with van der Waals surface area (Å²) in [4.78, 5) is 35.1. The molecule has 0 aromatic heterocycles. The van der Waals surface area contributed by atoms with Crippen LogP contribution in [0.1, 0.15) is 71.1 Å². The number of carboxylic acid groups (broad SMARTS) is 1. The average Bonchev–Trinajstić information content (AvgIpc) is 2.73. The molecule has 114 valence electrons. The molecule has 5 heteroatoms. The Morgan fingerprint density at radius 3 is 2.05 bits per heavy atom. The first kappa shape index (κ1) is 16.7. The Labute approximate surface area is 120 Å². The fraction of sp³-hybridized carbons (Fsp3) is 0.800. The Kier molecular flexibility index (Phi) is 7.26. The SMILES string of the molecule is CCCCCCCCCC(C(=O)[O-])N1C(=O)CCC1=O. The molecule has 1 heterocycles. The third-order valence-electron chi connectivity index (χ3n) is 3.75. The average molecular weight is 282 g/mol. The van der Waals surface area contributed by atoms with Crippen molar-refractivity contribution in [3.8, 4) is 0 Å². The minimum atomic E-state index is -1.32. The molecule has 20 heavy (non-hydrogen) atoms. The molecule has 1 atom stereocenters.